The SMILES string of the molecule is CS(=O)(=O)N[C@H]1CCN(C(=O)OC2CC2)[C@H]1Cc1cccc(-c2ccccc2)c1. The summed E-state index contributed by atoms with van der Waals surface area (Å²) in [5.74, 6) is 0. The molecular weight excluding hydrogens is 388 g/mol. The van der Waals surface area contributed by atoms with E-state index in [0.29, 0.717) is 19.4 Å². The van der Waals surface area contributed by atoms with Crippen LogP contribution in [-0.4, -0.2) is 50.4 Å². The molecule has 1 aliphatic carbocycles. The van der Waals surface area contributed by atoms with Gasteiger partial charge in [0.1, 0.15) is 6.10 Å². The van der Waals surface area contributed by atoms with Crippen LogP contribution in [0.4, 0.5) is 4.79 Å². The first-order valence-electron chi connectivity index (χ1n) is 9.98. The third-order valence-corrected chi connectivity index (χ3v) is 6.15. The largest absolute Gasteiger partial charge is 0.446 e. The van der Waals surface area contributed by atoms with E-state index in [0.717, 1.165) is 35.8 Å². The van der Waals surface area contributed by atoms with Crippen LogP contribution in [0.1, 0.15) is 24.8 Å². The lowest BCUT2D eigenvalue weighted by Crippen LogP contribution is -2.47. The van der Waals surface area contributed by atoms with E-state index in [1.165, 1.54) is 0 Å². The number of hydrogen-bond acceptors (Lipinski definition) is 4. The van der Waals surface area contributed by atoms with Crippen molar-refractivity contribution in [1.82, 2.24) is 9.62 Å². The molecule has 154 valence electrons. The number of ether oxygens (including phenoxy) is 1. The zero-order valence-corrected chi connectivity index (χ0v) is 17.3. The predicted molar refractivity (Wildman–Crippen MR) is 112 cm³/mol. The summed E-state index contributed by atoms with van der Waals surface area (Å²) in [6.07, 6.45) is 3.80. The number of benzene rings is 2. The molecule has 1 amide bonds. The average molecular weight is 415 g/mol. The van der Waals surface area contributed by atoms with Crippen LogP contribution in [0.3, 0.4) is 0 Å². The Bertz CT molecular complexity index is 973. The van der Waals surface area contributed by atoms with Crippen molar-refractivity contribution in [2.24, 2.45) is 0 Å². The Labute approximate surface area is 171 Å². The Kier molecular flexibility index (Phi) is 5.61. The van der Waals surface area contributed by atoms with Crippen molar-refractivity contribution in [2.45, 2.75) is 43.9 Å². The van der Waals surface area contributed by atoms with E-state index in [4.69, 9.17) is 4.74 Å². The zero-order valence-electron chi connectivity index (χ0n) is 16.5. The molecule has 0 bridgehead atoms. The highest BCUT2D eigenvalue weighted by Crippen LogP contribution is 2.29. The lowest BCUT2D eigenvalue weighted by molar-refractivity contribution is 0.0902. The predicted octanol–water partition coefficient (Wildman–Crippen LogP) is 3.19. The maximum Gasteiger partial charge on any atom is 0.410 e. The molecule has 2 aromatic carbocycles. The summed E-state index contributed by atoms with van der Waals surface area (Å²) < 4.78 is 31.9. The van der Waals surface area contributed by atoms with Gasteiger partial charge in [0.2, 0.25) is 10.0 Å². The molecule has 2 aromatic rings. The second-order valence-corrected chi connectivity index (χ2v) is 9.68. The summed E-state index contributed by atoms with van der Waals surface area (Å²) in [6, 6.07) is 17.7. The first-order valence-corrected chi connectivity index (χ1v) is 11.9. The van der Waals surface area contributed by atoms with Crippen molar-refractivity contribution in [3.63, 3.8) is 0 Å². The summed E-state index contributed by atoms with van der Waals surface area (Å²) in [4.78, 5) is 14.3. The van der Waals surface area contributed by atoms with Gasteiger partial charge in [0.25, 0.3) is 0 Å². The maximum atomic E-state index is 12.6. The standard InChI is InChI=1S/C22H26N2O4S/c1-29(26,27)23-20-12-13-24(22(25)28-19-10-11-19)21(20)15-16-6-5-9-18(14-16)17-7-3-2-4-8-17/h2-9,14,19-21,23H,10-13,15H2,1H3/t20-,21-/m0/s1. The van der Waals surface area contributed by atoms with Gasteiger partial charge < -0.3 is 9.64 Å². The van der Waals surface area contributed by atoms with Gasteiger partial charge in [-0.05, 0) is 42.4 Å². The minimum Gasteiger partial charge on any atom is -0.446 e. The van der Waals surface area contributed by atoms with Crippen LogP contribution in [0.2, 0.25) is 0 Å². The van der Waals surface area contributed by atoms with E-state index < -0.39 is 10.0 Å². The van der Waals surface area contributed by atoms with Crippen LogP contribution < -0.4 is 4.72 Å². The number of likely N-dealkylation sites (tertiary alicyclic amines) is 1. The lowest BCUT2D eigenvalue weighted by atomic mass is 9.97. The van der Waals surface area contributed by atoms with Crippen LogP contribution >= 0.6 is 0 Å². The monoisotopic (exact) mass is 414 g/mol. The van der Waals surface area contributed by atoms with Crippen molar-refractivity contribution in [3.8, 4) is 11.1 Å². The first-order chi connectivity index (χ1) is 13.9. The normalized spacial score (nSPS) is 21.9. The fraction of sp³-hybridized carbons (Fsp3) is 0.409. The number of rotatable bonds is 6. The molecule has 0 unspecified atom stereocenters. The molecule has 1 aliphatic heterocycles. The Morgan fingerprint density at radius 3 is 2.48 bits per heavy atom. The summed E-state index contributed by atoms with van der Waals surface area (Å²) in [7, 11) is -3.37. The highest BCUT2D eigenvalue weighted by atomic mass is 32.2. The summed E-state index contributed by atoms with van der Waals surface area (Å²) in [5, 5.41) is 0. The van der Waals surface area contributed by atoms with Crippen molar-refractivity contribution in [2.75, 3.05) is 12.8 Å². The number of carbonyl (C=O) groups excluding carboxylic acids is 1. The van der Waals surface area contributed by atoms with Crippen molar-refractivity contribution in [1.29, 1.82) is 0 Å². The fourth-order valence-corrected chi connectivity index (χ4v) is 4.72. The van der Waals surface area contributed by atoms with E-state index >= 15 is 0 Å². The number of hydrogen-bond donors (Lipinski definition) is 1. The molecule has 1 heterocycles. The summed E-state index contributed by atoms with van der Waals surface area (Å²) >= 11 is 0. The zero-order chi connectivity index (χ0) is 20.4. The summed E-state index contributed by atoms with van der Waals surface area (Å²) in [5.41, 5.74) is 3.28. The molecule has 0 spiro atoms. The van der Waals surface area contributed by atoms with E-state index in [9.17, 15) is 13.2 Å². The van der Waals surface area contributed by atoms with Gasteiger partial charge in [-0.25, -0.2) is 17.9 Å². The van der Waals surface area contributed by atoms with Crippen molar-refractivity contribution >= 4 is 16.1 Å². The number of nitrogens with one attached hydrogen (secondary N) is 1. The molecule has 0 radical (unpaired) electrons. The fourth-order valence-electron chi connectivity index (χ4n) is 3.89. The Morgan fingerprint density at radius 2 is 1.79 bits per heavy atom. The van der Waals surface area contributed by atoms with Gasteiger partial charge in [0.15, 0.2) is 0 Å². The Balaban J connectivity index is 1.57. The highest BCUT2D eigenvalue weighted by molar-refractivity contribution is 7.88. The van der Waals surface area contributed by atoms with Crippen molar-refractivity contribution in [3.05, 3.63) is 60.2 Å². The molecule has 1 N–H and O–H groups in total. The lowest BCUT2D eigenvalue weighted by Gasteiger charge is -2.28. The van der Waals surface area contributed by atoms with Crippen LogP contribution in [0, 0.1) is 0 Å². The second kappa shape index (κ2) is 8.16. The van der Waals surface area contributed by atoms with Crippen LogP contribution in [0.15, 0.2) is 54.6 Å². The van der Waals surface area contributed by atoms with E-state index in [1.807, 2.05) is 30.3 Å². The molecule has 1 saturated heterocycles. The molecule has 2 fully saturated rings. The molecule has 4 rings (SSSR count). The minimum atomic E-state index is -3.37. The number of amides is 1. The topological polar surface area (TPSA) is 75.7 Å². The first kappa shape index (κ1) is 19.9. The van der Waals surface area contributed by atoms with Gasteiger partial charge in [0.05, 0.1) is 12.3 Å². The van der Waals surface area contributed by atoms with Crippen LogP contribution in [0.25, 0.3) is 11.1 Å². The molecule has 29 heavy (non-hydrogen) atoms. The highest BCUT2D eigenvalue weighted by Gasteiger charge is 2.40. The smallest absolute Gasteiger partial charge is 0.410 e. The van der Waals surface area contributed by atoms with Crippen LogP contribution in [-0.2, 0) is 21.2 Å². The van der Waals surface area contributed by atoms with Crippen LogP contribution in [0.5, 0.6) is 0 Å². The van der Waals surface area contributed by atoms with E-state index in [-0.39, 0.29) is 24.3 Å². The third-order valence-electron chi connectivity index (χ3n) is 5.42. The van der Waals surface area contributed by atoms with Gasteiger partial charge in [-0.3, -0.25) is 0 Å². The quantitative estimate of drug-likeness (QED) is 0.788. The van der Waals surface area contributed by atoms with E-state index in [2.05, 4.69) is 29.0 Å². The second-order valence-electron chi connectivity index (χ2n) is 7.90. The maximum absolute atomic E-state index is 12.6. The van der Waals surface area contributed by atoms with Gasteiger partial charge in [-0.15, -0.1) is 0 Å². The molecular formula is C22H26N2O4S. The van der Waals surface area contributed by atoms with E-state index in [1.54, 1.807) is 4.90 Å². The molecule has 0 aromatic heterocycles. The minimum absolute atomic E-state index is 0.0199. The number of carbonyl (C=O) groups is 1. The van der Waals surface area contributed by atoms with Gasteiger partial charge in [-0.2, -0.15) is 0 Å². The molecule has 1 saturated carbocycles. The van der Waals surface area contributed by atoms with Gasteiger partial charge >= 0.3 is 6.09 Å². The Morgan fingerprint density at radius 1 is 1.07 bits per heavy atom. The molecule has 6 nitrogen and oxygen atoms in total. The van der Waals surface area contributed by atoms with Gasteiger partial charge in [0, 0.05) is 12.6 Å². The van der Waals surface area contributed by atoms with Crippen molar-refractivity contribution < 1.29 is 17.9 Å². The molecule has 2 atom stereocenters. The molecule has 7 heteroatoms. The van der Waals surface area contributed by atoms with Gasteiger partial charge in [-0.1, -0.05) is 54.6 Å². The number of nitrogens with zero attached hydrogens (tertiary/aromatic N) is 1. The molecule has 2 aliphatic rings. The Hall–Kier alpha value is -2.38. The average Bonchev–Trinajstić information content (AvgIpc) is 3.42. The third kappa shape index (κ3) is 5.16. The number of sulfonamides is 1. The summed E-state index contributed by atoms with van der Waals surface area (Å²) in [6.45, 7) is 0.488.